The predicted molar refractivity (Wildman–Crippen MR) is 141 cm³/mol. The number of ether oxygens (including phenoxy) is 1. The minimum absolute atomic E-state index is 0.0253. The van der Waals surface area contributed by atoms with Crippen LogP contribution < -0.4 is 10.6 Å². The maximum absolute atomic E-state index is 12.6. The molecule has 1 fully saturated rings. The summed E-state index contributed by atoms with van der Waals surface area (Å²) < 4.78 is 5.43. The van der Waals surface area contributed by atoms with Crippen LogP contribution in [0.15, 0.2) is 60.7 Å². The molecule has 1 aliphatic rings. The quantitative estimate of drug-likeness (QED) is 0.463. The Morgan fingerprint density at radius 1 is 1.03 bits per heavy atom. The second kappa shape index (κ2) is 13.4. The third-order valence-corrected chi connectivity index (χ3v) is 6.38. The van der Waals surface area contributed by atoms with E-state index in [4.69, 9.17) is 4.74 Å². The van der Waals surface area contributed by atoms with Crippen molar-refractivity contribution in [1.82, 2.24) is 15.5 Å². The molecule has 0 unspecified atom stereocenters. The zero-order chi connectivity index (χ0) is 26.0. The molecule has 36 heavy (non-hydrogen) atoms. The van der Waals surface area contributed by atoms with E-state index in [1.54, 1.807) is 0 Å². The maximum atomic E-state index is 12.6. The number of hydrogen-bond acceptors (Lipinski definition) is 5. The number of aliphatic hydroxyl groups excluding tert-OH is 1. The summed E-state index contributed by atoms with van der Waals surface area (Å²) in [5, 5.41) is 17.2. The van der Waals surface area contributed by atoms with Gasteiger partial charge >= 0.3 is 6.09 Å². The highest BCUT2D eigenvalue weighted by Crippen LogP contribution is 2.21. The van der Waals surface area contributed by atoms with Crippen LogP contribution in [-0.4, -0.2) is 58.8 Å². The molecule has 3 rings (SSSR count). The number of carbonyl (C=O) groups is 2. The molecule has 7 nitrogen and oxygen atoms in total. The molecule has 1 heterocycles. The first-order valence-electron chi connectivity index (χ1n) is 12.9. The van der Waals surface area contributed by atoms with Crippen LogP contribution in [0.2, 0.25) is 0 Å². The van der Waals surface area contributed by atoms with Gasteiger partial charge in [0, 0.05) is 24.5 Å². The molecule has 0 bridgehead atoms. The first-order chi connectivity index (χ1) is 17.2. The molecule has 0 aliphatic carbocycles. The van der Waals surface area contributed by atoms with E-state index in [9.17, 15) is 14.7 Å². The van der Waals surface area contributed by atoms with Crippen LogP contribution in [0.5, 0.6) is 0 Å². The van der Waals surface area contributed by atoms with Crippen LogP contribution >= 0.6 is 0 Å². The molecule has 196 valence electrons. The molecule has 0 radical (unpaired) electrons. The number of alkyl carbamates (subject to hydrolysis) is 1. The zero-order valence-corrected chi connectivity index (χ0v) is 21.8. The molecule has 0 aromatic heterocycles. The van der Waals surface area contributed by atoms with Crippen LogP contribution in [0.4, 0.5) is 4.79 Å². The Morgan fingerprint density at radius 3 is 2.31 bits per heavy atom. The van der Waals surface area contributed by atoms with Crippen LogP contribution in [0.25, 0.3) is 0 Å². The minimum Gasteiger partial charge on any atom is -0.445 e. The fraction of sp³-hybridized carbons (Fsp3) is 0.517. The van der Waals surface area contributed by atoms with Crippen molar-refractivity contribution in [3.8, 4) is 0 Å². The molecule has 3 atom stereocenters. The number of β-amino-alcohol motifs (C(OH)–C–C–N with tert-alkyl or cyclic N) is 1. The van der Waals surface area contributed by atoms with Crippen LogP contribution in [-0.2, 0) is 22.6 Å². The van der Waals surface area contributed by atoms with Crippen LogP contribution in [0.3, 0.4) is 0 Å². The number of amides is 2. The van der Waals surface area contributed by atoms with E-state index in [1.165, 1.54) is 0 Å². The lowest BCUT2D eigenvalue weighted by Crippen LogP contribution is -2.53. The van der Waals surface area contributed by atoms with Gasteiger partial charge in [-0.2, -0.15) is 0 Å². The summed E-state index contributed by atoms with van der Waals surface area (Å²) in [5.41, 5.74) is 1.64. The Hall–Kier alpha value is -2.90. The summed E-state index contributed by atoms with van der Waals surface area (Å²) in [6.45, 7) is 7.29. The van der Waals surface area contributed by atoms with Gasteiger partial charge in [0.2, 0.25) is 5.91 Å². The van der Waals surface area contributed by atoms with Crippen molar-refractivity contribution in [3.63, 3.8) is 0 Å². The number of carbonyl (C=O) groups excluding carboxylic acids is 2. The predicted octanol–water partition coefficient (Wildman–Crippen LogP) is 4.04. The Morgan fingerprint density at radius 2 is 1.67 bits per heavy atom. The highest BCUT2D eigenvalue weighted by atomic mass is 16.5. The molecule has 7 heteroatoms. The standard InChI is InChI=1S/C29H41N3O4/c1-29(2,3)31-27(34)19-24-16-10-11-17-32(24)20-26(33)25(18-22-12-6-4-7-13-22)30-28(35)36-21-23-14-8-5-9-15-23/h4-9,12-15,24-26,33H,10-11,16-21H2,1-3H3,(H,30,35)(H,31,34)/t24-,25-,26+/m0/s1. The Bertz CT molecular complexity index is 946. The van der Waals surface area contributed by atoms with Crippen molar-refractivity contribution in [3.05, 3.63) is 71.8 Å². The number of piperidine rings is 1. The summed E-state index contributed by atoms with van der Waals surface area (Å²) in [6, 6.07) is 18.8. The summed E-state index contributed by atoms with van der Waals surface area (Å²) in [6.07, 6.45) is 2.52. The molecule has 2 aromatic carbocycles. The summed E-state index contributed by atoms with van der Waals surface area (Å²) in [7, 11) is 0. The zero-order valence-electron chi connectivity index (χ0n) is 21.8. The molecule has 0 spiro atoms. The summed E-state index contributed by atoms with van der Waals surface area (Å²) in [5.74, 6) is 0.0253. The lowest BCUT2D eigenvalue weighted by molar-refractivity contribution is -0.124. The number of nitrogens with one attached hydrogen (secondary N) is 2. The lowest BCUT2D eigenvalue weighted by atomic mass is 9.95. The van der Waals surface area contributed by atoms with Crippen molar-refractivity contribution in [2.45, 2.75) is 83.2 Å². The third kappa shape index (κ3) is 9.63. The van der Waals surface area contributed by atoms with Gasteiger partial charge in [-0.25, -0.2) is 4.79 Å². The van der Waals surface area contributed by atoms with E-state index < -0.39 is 18.2 Å². The van der Waals surface area contributed by atoms with Crippen molar-refractivity contribution in [2.24, 2.45) is 0 Å². The second-order valence-corrected chi connectivity index (χ2v) is 10.7. The Balaban J connectivity index is 1.64. The van der Waals surface area contributed by atoms with E-state index in [1.807, 2.05) is 81.4 Å². The van der Waals surface area contributed by atoms with Gasteiger partial charge in [0.05, 0.1) is 12.1 Å². The number of aliphatic hydroxyl groups is 1. The molecule has 2 amide bonds. The van der Waals surface area contributed by atoms with Crippen molar-refractivity contribution >= 4 is 12.0 Å². The molecule has 1 saturated heterocycles. The highest BCUT2D eigenvalue weighted by molar-refractivity contribution is 5.77. The van der Waals surface area contributed by atoms with E-state index in [0.717, 1.165) is 36.9 Å². The second-order valence-electron chi connectivity index (χ2n) is 10.7. The van der Waals surface area contributed by atoms with E-state index in [0.29, 0.717) is 19.4 Å². The number of nitrogens with zero attached hydrogens (tertiary/aromatic N) is 1. The van der Waals surface area contributed by atoms with Crippen molar-refractivity contribution in [2.75, 3.05) is 13.1 Å². The minimum atomic E-state index is -0.819. The number of benzene rings is 2. The highest BCUT2D eigenvalue weighted by Gasteiger charge is 2.31. The third-order valence-electron chi connectivity index (χ3n) is 6.38. The Kier molecular flexibility index (Phi) is 10.3. The summed E-state index contributed by atoms with van der Waals surface area (Å²) >= 11 is 0. The molecule has 2 aromatic rings. The van der Waals surface area contributed by atoms with E-state index in [-0.39, 0.29) is 24.1 Å². The van der Waals surface area contributed by atoms with Gasteiger partial charge in [-0.05, 0) is 57.7 Å². The Labute approximate surface area is 215 Å². The molecule has 3 N–H and O–H groups in total. The van der Waals surface area contributed by atoms with Gasteiger partial charge < -0.3 is 20.5 Å². The van der Waals surface area contributed by atoms with Crippen LogP contribution in [0, 0.1) is 0 Å². The van der Waals surface area contributed by atoms with Crippen molar-refractivity contribution in [1.29, 1.82) is 0 Å². The average molecular weight is 496 g/mol. The fourth-order valence-corrected chi connectivity index (χ4v) is 4.65. The van der Waals surface area contributed by atoms with Gasteiger partial charge in [0.15, 0.2) is 0 Å². The molecule has 1 aliphatic heterocycles. The molecular formula is C29H41N3O4. The number of likely N-dealkylation sites (tertiary alicyclic amines) is 1. The topological polar surface area (TPSA) is 90.9 Å². The number of hydrogen-bond donors (Lipinski definition) is 3. The normalized spacial score (nSPS) is 18.2. The maximum Gasteiger partial charge on any atom is 0.407 e. The smallest absolute Gasteiger partial charge is 0.407 e. The van der Waals surface area contributed by atoms with Gasteiger partial charge in [-0.15, -0.1) is 0 Å². The largest absolute Gasteiger partial charge is 0.445 e. The van der Waals surface area contributed by atoms with Gasteiger partial charge in [0.25, 0.3) is 0 Å². The van der Waals surface area contributed by atoms with E-state index in [2.05, 4.69) is 15.5 Å². The monoisotopic (exact) mass is 495 g/mol. The first kappa shape index (κ1) is 27.7. The van der Waals surface area contributed by atoms with Gasteiger partial charge in [0.1, 0.15) is 6.61 Å². The molecular weight excluding hydrogens is 454 g/mol. The average Bonchev–Trinajstić information content (AvgIpc) is 2.83. The first-order valence-corrected chi connectivity index (χ1v) is 12.9. The number of rotatable bonds is 10. The van der Waals surface area contributed by atoms with E-state index >= 15 is 0 Å². The fourth-order valence-electron chi connectivity index (χ4n) is 4.65. The van der Waals surface area contributed by atoms with Crippen molar-refractivity contribution < 1.29 is 19.4 Å². The SMILES string of the molecule is CC(C)(C)NC(=O)C[C@@H]1CCCCN1C[C@@H](O)[C@H](Cc1ccccc1)NC(=O)OCc1ccccc1. The lowest BCUT2D eigenvalue weighted by Gasteiger charge is -2.38. The molecule has 0 saturated carbocycles. The van der Waals surface area contributed by atoms with Gasteiger partial charge in [-0.3, -0.25) is 9.69 Å². The van der Waals surface area contributed by atoms with Gasteiger partial charge in [-0.1, -0.05) is 67.1 Å². The summed E-state index contributed by atoms with van der Waals surface area (Å²) in [4.78, 5) is 27.4. The van der Waals surface area contributed by atoms with Crippen LogP contribution in [0.1, 0.15) is 57.6 Å².